The highest BCUT2D eigenvalue weighted by Crippen LogP contribution is 2.25. The predicted octanol–water partition coefficient (Wildman–Crippen LogP) is 1.12. The number of rotatable bonds is 2. The third-order valence-electron chi connectivity index (χ3n) is 3.83. The highest BCUT2D eigenvalue weighted by Gasteiger charge is 2.25. The fraction of sp³-hybridized carbons (Fsp3) is 0.643. The monoisotopic (exact) mass is 247 g/mol. The maximum Gasteiger partial charge on any atom is 0.128 e. The lowest BCUT2D eigenvalue weighted by molar-refractivity contribution is -0.0107. The molecule has 0 saturated carbocycles. The minimum Gasteiger partial charge on any atom is -0.370 e. The van der Waals surface area contributed by atoms with Crippen LogP contribution in [0.2, 0.25) is 0 Å². The Morgan fingerprint density at radius 3 is 3.11 bits per heavy atom. The molecule has 0 bridgehead atoms. The normalized spacial score (nSPS) is 27.3. The number of morpholine rings is 1. The molecule has 4 nitrogen and oxygen atoms in total. The third kappa shape index (κ3) is 2.22. The lowest BCUT2D eigenvalue weighted by Crippen LogP contribution is -2.49. The molecule has 2 N–H and O–H groups in total. The molecule has 2 heterocycles. The minimum atomic E-state index is 0.129. The van der Waals surface area contributed by atoms with Crippen molar-refractivity contribution in [2.45, 2.75) is 38.4 Å². The van der Waals surface area contributed by atoms with E-state index in [0.717, 1.165) is 25.3 Å². The highest BCUT2D eigenvalue weighted by atomic mass is 16.5. The quantitative estimate of drug-likeness (QED) is 0.851. The summed E-state index contributed by atoms with van der Waals surface area (Å²) in [4.78, 5) is 7.12. The molecule has 98 valence electrons. The van der Waals surface area contributed by atoms with Crippen molar-refractivity contribution in [1.82, 2.24) is 4.98 Å². The second-order valence-electron chi connectivity index (χ2n) is 5.34. The topological polar surface area (TPSA) is 51.4 Å². The van der Waals surface area contributed by atoms with E-state index in [4.69, 9.17) is 15.5 Å². The molecule has 2 aliphatic rings. The van der Waals surface area contributed by atoms with Crippen LogP contribution in [-0.4, -0.2) is 36.8 Å². The van der Waals surface area contributed by atoms with E-state index in [0.29, 0.717) is 6.54 Å². The van der Waals surface area contributed by atoms with E-state index >= 15 is 0 Å². The first kappa shape index (κ1) is 11.9. The number of pyridine rings is 1. The average Bonchev–Trinajstić information content (AvgIpc) is 2.85. The molecule has 18 heavy (non-hydrogen) atoms. The molecule has 1 aromatic rings. The van der Waals surface area contributed by atoms with Crippen molar-refractivity contribution in [3.05, 3.63) is 23.4 Å². The Morgan fingerprint density at radius 2 is 2.28 bits per heavy atom. The minimum absolute atomic E-state index is 0.129. The van der Waals surface area contributed by atoms with Gasteiger partial charge in [0.2, 0.25) is 0 Å². The van der Waals surface area contributed by atoms with Gasteiger partial charge in [0, 0.05) is 25.3 Å². The van der Waals surface area contributed by atoms with Crippen LogP contribution >= 0.6 is 0 Å². The van der Waals surface area contributed by atoms with Gasteiger partial charge in [0.05, 0.1) is 12.2 Å². The molecular formula is C14H21N3O. The molecule has 1 aromatic heterocycles. The van der Waals surface area contributed by atoms with Crippen LogP contribution in [0, 0.1) is 0 Å². The number of aryl methyl sites for hydroxylation is 2. The predicted molar refractivity (Wildman–Crippen MR) is 71.9 cm³/mol. The molecule has 0 spiro atoms. The molecule has 1 aliphatic carbocycles. The van der Waals surface area contributed by atoms with Gasteiger partial charge in [-0.15, -0.1) is 0 Å². The van der Waals surface area contributed by atoms with Crippen LogP contribution in [0.1, 0.15) is 24.6 Å². The Bertz CT molecular complexity index is 435. The first-order valence-electron chi connectivity index (χ1n) is 6.85. The van der Waals surface area contributed by atoms with Crippen molar-refractivity contribution in [3.63, 3.8) is 0 Å². The van der Waals surface area contributed by atoms with E-state index in [2.05, 4.69) is 24.0 Å². The summed E-state index contributed by atoms with van der Waals surface area (Å²) in [6, 6.07) is 4.39. The summed E-state index contributed by atoms with van der Waals surface area (Å²) in [5, 5.41) is 0. The zero-order valence-electron chi connectivity index (χ0n) is 10.9. The lowest BCUT2D eigenvalue weighted by Gasteiger charge is -2.37. The van der Waals surface area contributed by atoms with E-state index < -0.39 is 0 Å². The van der Waals surface area contributed by atoms with Crippen LogP contribution in [0.3, 0.4) is 0 Å². The van der Waals surface area contributed by atoms with Gasteiger partial charge in [0.15, 0.2) is 0 Å². The first-order valence-corrected chi connectivity index (χ1v) is 6.85. The largest absolute Gasteiger partial charge is 0.370 e. The maximum atomic E-state index is 5.79. The summed E-state index contributed by atoms with van der Waals surface area (Å²) in [5.41, 5.74) is 8.44. The zero-order chi connectivity index (χ0) is 12.5. The smallest absolute Gasteiger partial charge is 0.128 e. The summed E-state index contributed by atoms with van der Waals surface area (Å²) in [5.74, 6) is 1.09. The molecule has 0 aromatic carbocycles. The van der Waals surface area contributed by atoms with Gasteiger partial charge in [-0.1, -0.05) is 6.07 Å². The molecule has 0 amide bonds. The van der Waals surface area contributed by atoms with Gasteiger partial charge >= 0.3 is 0 Å². The lowest BCUT2D eigenvalue weighted by atomic mass is 10.2. The summed E-state index contributed by atoms with van der Waals surface area (Å²) in [6.45, 7) is 4.43. The number of hydrogen-bond acceptors (Lipinski definition) is 4. The molecule has 2 unspecified atom stereocenters. The first-order chi connectivity index (χ1) is 8.76. The number of nitrogens with two attached hydrogens (primary N) is 1. The average molecular weight is 247 g/mol. The molecule has 4 heteroatoms. The Balaban J connectivity index is 1.81. The SMILES string of the molecule is CC1CN(c2ccc3c(n2)CCC3)CC(CN)O1. The standard InChI is InChI=1S/C14H21N3O/c1-10-8-17(9-12(7-15)18-10)14-6-5-11-3-2-4-13(11)16-14/h5-6,10,12H,2-4,7-9,15H2,1H3. The summed E-state index contributed by atoms with van der Waals surface area (Å²) in [6.07, 6.45) is 3.92. The van der Waals surface area contributed by atoms with Crippen molar-refractivity contribution < 1.29 is 4.74 Å². The third-order valence-corrected chi connectivity index (χ3v) is 3.83. The molecule has 0 radical (unpaired) electrons. The van der Waals surface area contributed by atoms with Crippen LogP contribution in [0.4, 0.5) is 5.82 Å². The molecule has 2 atom stereocenters. The molecule has 1 aliphatic heterocycles. The fourth-order valence-electron chi connectivity index (χ4n) is 2.95. The maximum absolute atomic E-state index is 5.79. The second-order valence-corrected chi connectivity index (χ2v) is 5.34. The van der Waals surface area contributed by atoms with Crippen LogP contribution in [0.15, 0.2) is 12.1 Å². The van der Waals surface area contributed by atoms with E-state index in [1.54, 1.807) is 0 Å². The van der Waals surface area contributed by atoms with Gasteiger partial charge in [-0.2, -0.15) is 0 Å². The zero-order valence-corrected chi connectivity index (χ0v) is 10.9. The Morgan fingerprint density at radius 1 is 1.39 bits per heavy atom. The highest BCUT2D eigenvalue weighted by molar-refractivity contribution is 5.43. The van der Waals surface area contributed by atoms with Gasteiger partial charge in [0.25, 0.3) is 0 Å². The van der Waals surface area contributed by atoms with Crippen molar-refractivity contribution in [2.24, 2.45) is 5.73 Å². The van der Waals surface area contributed by atoms with Crippen molar-refractivity contribution in [3.8, 4) is 0 Å². The Hall–Kier alpha value is -1.13. The van der Waals surface area contributed by atoms with E-state index in [1.165, 1.54) is 24.1 Å². The van der Waals surface area contributed by atoms with Crippen LogP contribution in [0.25, 0.3) is 0 Å². The number of aromatic nitrogens is 1. The van der Waals surface area contributed by atoms with Gasteiger partial charge in [0.1, 0.15) is 5.82 Å². The Kier molecular flexibility index (Phi) is 3.22. The summed E-state index contributed by atoms with van der Waals surface area (Å²) < 4.78 is 5.79. The fourth-order valence-corrected chi connectivity index (χ4v) is 2.95. The van der Waals surface area contributed by atoms with Crippen molar-refractivity contribution in [2.75, 3.05) is 24.5 Å². The molecule has 1 saturated heterocycles. The number of nitrogens with zero attached hydrogens (tertiary/aromatic N) is 2. The van der Waals surface area contributed by atoms with Crippen LogP contribution < -0.4 is 10.6 Å². The van der Waals surface area contributed by atoms with E-state index in [-0.39, 0.29) is 12.2 Å². The summed E-state index contributed by atoms with van der Waals surface area (Å²) in [7, 11) is 0. The summed E-state index contributed by atoms with van der Waals surface area (Å²) >= 11 is 0. The van der Waals surface area contributed by atoms with Crippen molar-refractivity contribution >= 4 is 5.82 Å². The van der Waals surface area contributed by atoms with Crippen LogP contribution in [-0.2, 0) is 17.6 Å². The van der Waals surface area contributed by atoms with Gasteiger partial charge in [-0.05, 0) is 37.8 Å². The molecule has 3 rings (SSSR count). The number of fused-ring (bicyclic) bond motifs is 1. The van der Waals surface area contributed by atoms with E-state index in [1.807, 2.05) is 0 Å². The van der Waals surface area contributed by atoms with Crippen molar-refractivity contribution in [1.29, 1.82) is 0 Å². The van der Waals surface area contributed by atoms with E-state index in [9.17, 15) is 0 Å². The van der Waals surface area contributed by atoms with Crippen LogP contribution in [0.5, 0.6) is 0 Å². The van der Waals surface area contributed by atoms with Gasteiger partial charge in [-0.25, -0.2) is 4.98 Å². The van der Waals surface area contributed by atoms with Gasteiger partial charge < -0.3 is 15.4 Å². The van der Waals surface area contributed by atoms with Gasteiger partial charge in [-0.3, -0.25) is 0 Å². The Labute approximate surface area is 108 Å². The number of hydrogen-bond donors (Lipinski definition) is 1. The molecule has 1 fully saturated rings. The molecular weight excluding hydrogens is 226 g/mol. The number of anilines is 1. The number of ether oxygens (including phenoxy) is 1. The second kappa shape index (κ2) is 4.86.